The normalized spacial score (nSPS) is 14.0. The molecule has 0 spiro atoms. The summed E-state index contributed by atoms with van der Waals surface area (Å²) in [7, 11) is -3.56. The van der Waals surface area contributed by atoms with Crippen LogP contribution in [0.1, 0.15) is 31.4 Å². The number of hydrogen-bond donors (Lipinski definition) is 1. The van der Waals surface area contributed by atoms with Crippen LogP contribution in [0.15, 0.2) is 47.4 Å². The maximum absolute atomic E-state index is 12.7. The fourth-order valence-corrected chi connectivity index (χ4v) is 5.29. The summed E-state index contributed by atoms with van der Waals surface area (Å²) in [6.07, 6.45) is 2.04. The van der Waals surface area contributed by atoms with E-state index in [1.807, 2.05) is 13.8 Å². The lowest BCUT2D eigenvalue weighted by Gasteiger charge is -2.31. The van der Waals surface area contributed by atoms with Crippen molar-refractivity contribution in [2.75, 3.05) is 36.4 Å². The summed E-state index contributed by atoms with van der Waals surface area (Å²) < 4.78 is 26.8. The Balaban J connectivity index is 1.73. The molecule has 1 N–H and O–H groups in total. The van der Waals surface area contributed by atoms with Crippen LogP contribution >= 0.6 is 0 Å². The van der Waals surface area contributed by atoms with E-state index in [-0.39, 0.29) is 17.3 Å². The van der Waals surface area contributed by atoms with Gasteiger partial charge < -0.3 is 10.2 Å². The first-order valence-corrected chi connectivity index (χ1v) is 11.5. The van der Waals surface area contributed by atoms with Crippen LogP contribution in [-0.4, -0.2) is 44.8 Å². The first-order chi connectivity index (χ1) is 13.8. The molecule has 6 nitrogen and oxygen atoms in total. The molecule has 0 bridgehead atoms. The van der Waals surface area contributed by atoms with Crippen LogP contribution in [0.5, 0.6) is 0 Å². The van der Waals surface area contributed by atoms with Gasteiger partial charge in [0.15, 0.2) is 0 Å². The van der Waals surface area contributed by atoms with Crippen molar-refractivity contribution >= 4 is 27.3 Å². The number of carbonyl (C=O) groups is 1. The summed E-state index contributed by atoms with van der Waals surface area (Å²) in [5.74, 6) is -0.157. The molecule has 2 aromatic carbocycles. The minimum absolute atomic E-state index is 0.157. The summed E-state index contributed by atoms with van der Waals surface area (Å²) in [5, 5.41) is 2.86. The second-order valence-electron chi connectivity index (χ2n) is 7.32. The SMILES string of the molecule is CCN(CC)S(=O)(=O)c1cccc(NC(=O)CN2CCCc3cc(C)ccc32)c1. The smallest absolute Gasteiger partial charge is 0.243 e. The van der Waals surface area contributed by atoms with Gasteiger partial charge in [-0.1, -0.05) is 37.6 Å². The van der Waals surface area contributed by atoms with E-state index in [0.29, 0.717) is 18.8 Å². The molecule has 1 heterocycles. The first-order valence-electron chi connectivity index (χ1n) is 10.1. The van der Waals surface area contributed by atoms with Crippen molar-refractivity contribution in [1.29, 1.82) is 0 Å². The fraction of sp³-hybridized carbons (Fsp3) is 0.409. The maximum atomic E-state index is 12.7. The number of benzene rings is 2. The number of fused-ring (bicyclic) bond motifs is 1. The lowest BCUT2D eigenvalue weighted by molar-refractivity contribution is -0.115. The van der Waals surface area contributed by atoms with Gasteiger partial charge in [-0.2, -0.15) is 4.31 Å². The highest BCUT2D eigenvalue weighted by Gasteiger charge is 2.23. The summed E-state index contributed by atoms with van der Waals surface area (Å²) >= 11 is 0. The molecule has 0 atom stereocenters. The van der Waals surface area contributed by atoms with Crippen LogP contribution in [0.2, 0.25) is 0 Å². The van der Waals surface area contributed by atoms with Crippen LogP contribution in [0.3, 0.4) is 0 Å². The van der Waals surface area contributed by atoms with Gasteiger partial charge in [-0.15, -0.1) is 0 Å². The molecule has 3 rings (SSSR count). The van der Waals surface area contributed by atoms with Crippen molar-refractivity contribution in [2.45, 2.75) is 38.5 Å². The van der Waals surface area contributed by atoms with Gasteiger partial charge in [0.2, 0.25) is 15.9 Å². The maximum Gasteiger partial charge on any atom is 0.243 e. The zero-order valence-electron chi connectivity index (χ0n) is 17.3. The van der Waals surface area contributed by atoms with Gasteiger partial charge in [0, 0.05) is 31.0 Å². The molecular weight excluding hydrogens is 386 g/mol. The average molecular weight is 416 g/mol. The largest absolute Gasteiger partial charge is 0.362 e. The molecule has 156 valence electrons. The molecule has 0 saturated carbocycles. The van der Waals surface area contributed by atoms with Crippen molar-refractivity contribution in [1.82, 2.24) is 4.31 Å². The minimum atomic E-state index is -3.56. The molecule has 0 aromatic heterocycles. The lowest BCUT2D eigenvalue weighted by atomic mass is 9.99. The number of aryl methyl sites for hydroxylation is 2. The topological polar surface area (TPSA) is 69.7 Å². The minimum Gasteiger partial charge on any atom is -0.362 e. The molecule has 0 saturated heterocycles. The standard InChI is InChI=1S/C22H29N3O3S/c1-4-25(5-2)29(27,28)20-10-6-9-19(15-20)23-22(26)16-24-13-7-8-18-14-17(3)11-12-21(18)24/h6,9-12,14-15H,4-5,7-8,13,16H2,1-3H3,(H,23,26). The Morgan fingerprint density at radius 2 is 1.90 bits per heavy atom. The number of carbonyl (C=O) groups excluding carboxylic acids is 1. The van der Waals surface area contributed by atoms with Crippen molar-refractivity contribution in [2.24, 2.45) is 0 Å². The van der Waals surface area contributed by atoms with Crippen LogP contribution in [0.25, 0.3) is 0 Å². The van der Waals surface area contributed by atoms with Gasteiger partial charge in [-0.25, -0.2) is 8.42 Å². The molecule has 29 heavy (non-hydrogen) atoms. The highest BCUT2D eigenvalue weighted by Crippen LogP contribution is 2.28. The van der Waals surface area contributed by atoms with Crippen molar-refractivity contribution in [3.05, 3.63) is 53.6 Å². The quantitative estimate of drug-likeness (QED) is 0.752. The monoisotopic (exact) mass is 415 g/mol. The molecule has 2 aromatic rings. The van der Waals surface area contributed by atoms with Gasteiger partial charge >= 0.3 is 0 Å². The summed E-state index contributed by atoms with van der Waals surface area (Å²) in [5.41, 5.74) is 4.09. The Kier molecular flexibility index (Phi) is 6.59. The number of hydrogen-bond acceptors (Lipinski definition) is 4. The van der Waals surface area contributed by atoms with Gasteiger partial charge in [0.25, 0.3) is 0 Å². The average Bonchev–Trinajstić information content (AvgIpc) is 2.69. The molecule has 0 fully saturated rings. The third kappa shape index (κ3) is 4.79. The summed E-state index contributed by atoms with van der Waals surface area (Å²) in [6.45, 7) is 7.58. The van der Waals surface area contributed by atoms with Crippen molar-refractivity contribution in [3.63, 3.8) is 0 Å². The Hall–Kier alpha value is -2.38. The molecule has 7 heteroatoms. The zero-order valence-corrected chi connectivity index (χ0v) is 18.1. The molecule has 1 aliphatic heterocycles. The van der Waals surface area contributed by atoms with E-state index in [0.717, 1.165) is 25.1 Å². The van der Waals surface area contributed by atoms with Crippen LogP contribution < -0.4 is 10.2 Å². The van der Waals surface area contributed by atoms with E-state index in [2.05, 4.69) is 35.3 Å². The second-order valence-corrected chi connectivity index (χ2v) is 9.26. The third-order valence-electron chi connectivity index (χ3n) is 5.25. The van der Waals surface area contributed by atoms with Gasteiger partial charge in [-0.05, 0) is 49.6 Å². The van der Waals surface area contributed by atoms with E-state index < -0.39 is 10.0 Å². The van der Waals surface area contributed by atoms with E-state index >= 15 is 0 Å². The van der Waals surface area contributed by atoms with Gasteiger partial charge in [0.1, 0.15) is 0 Å². The number of amides is 1. The molecule has 0 radical (unpaired) electrons. The number of rotatable bonds is 7. The Morgan fingerprint density at radius 3 is 2.62 bits per heavy atom. The first kappa shape index (κ1) is 21.3. The summed E-state index contributed by atoms with van der Waals surface area (Å²) in [4.78, 5) is 14.9. The Morgan fingerprint density at radius 1 is 1.14 bits per heavy atom. The molecule has 1 amide bonds. The van der Waals surface area contributed by atoms with Crippen LogP contribution in [0, 0.1) is 6.92 Å². The zero-order chi connectivity index (χ0) is 21.0. The molecule has 1 aliphatic rings. The number of nitrogens with zero attached hydrogens (tertiary/aromatic N) is 2. The lowest BCUT2D eigenvalue weighted by Crippen LogP contribution is -2.36. The van der Waals surface area contributed by atoms with Crippen LogP contribution in [-0.2, 0) is 21.2 Å². The molecule has 0 aliphatic carbocycles. The third-order valence-corrected chi connectivity index (χ3v) is 7.29. The molecule has 0 unspecified atom stereocenters. The number of anilines is 2. The van der Waals surface area contributed by atoms with Crippen molar-refractivity contribution < 1.29 is 13.2 Å². The predicted molar refractivity (Wildman–Crippen MR) is 117 cm³/mol. The highest BCUT2D eigenvalue weighted by atomic mass is 32.2. The van der Waals surface area contributed by atoms with Crippen molar-refractivity contribution in [3.8, 4) is 0 Å². The van der Waals surface area contributed by atoms with Gasteiger partial charge in [0.05, 0.1) is 11.4 Å². The predicted octanol–water partition coefficient (Wildman–Crippen LogP) is 3.42. The van der Waals surface area contributed by atoms with E-state index in [9.17, 15) is 13.2 Å². The Bertz CT molecular complexity index is 985. The number of sulfonamides is 1. The van der Waals surface area contributed by atoms with E-state index in [1.54, 1.807) is 18.2 Å². The van der Waals surface area contributed by atoms with E-state index in [4.69, 9.17) is 0 Å². The fourth-order valence-electron chi connectivity index (χ4n) is 3.79. The second kappa shape index (κ2) is 8.97. The van der Waals surface area contributed by atoms with E-state index in [1.165, 1.54) is 21.5 Å². The summed E-state index contributed by atoms with van der Waals surface area (Å²) in [6, 6.07) is 12.8. The molecular formula is C22H29N3O3S. The van der Waals surface area contributed by atoms with Crippen LogP contribution in [0.4, 0.5) is 11.4 Å². The Labute approximate surface area is 173 Å². The number of nitrogens with one attached hydrogen (secondary N) is 1. The van der Waals surface area contributed by atoms with Gasteiger partial charge in [-0.3, -0.25) is 4.79 Å². The highest BCUT2D eigenvalue weighted by molar-refractivity contribution is 7.89.